The Hall–Kier alpha value is -18.5. The Bertz CT molecular complexity index is 9990. The Kier molecular flexibility index (Phi) is 18.9. The molecule has 29 rings (SSSR count). The van der Waals surface area contributed by atoms with Gasteiger partial charge >= 0.3 is 0 Å². The summed E-state index contributed by atoms with van der Waals surface area (Å²) in [5.41, 5.74) is 30.7. The van der Waals surface area contributed by atoms with Crippen molar-refractivity contribution in [2.24, 2.45) is 0 Å². The van der Waals surface area contributed by atoms with Gasteiger partial charge in [0, 0.05) is 92.6 Å². The first-order valence-electron chi connectivity index (χ1n) is 47.1. The van der Waals surface area contributed by atoms with E-state index in [4.69, 9.17) is 43.2 Å². The predicted molar refractivity (Wildman–Crippen MR) is 573 cm³/mol. The molecule has 139 heavy (non-hydrogen) atoms. The van der Waals surface area contributed by atoms with Crippen molar-refractivity contribution >= 4 is 175 Å². The Labute approximate surface area is 796 Å². The van der Waals surface area contributed by atoms with Crippen LogP contribution in [0.2, 0.25) is 0 Å². The maximum absolute atomic E-state index is 6.62. The monoisotopic (exact) mass is 1780 g/mol. The summed E-state index contributed by atoms with van der Waals surface area (Å²) in [4.78, 5) is 31.2. The van der Waals surface area contributed by atoms with Crippen LogP contribution in [-0.2, 0) is 0 Å². The third-order valence-electron chi connectivity index (χ3n) is 27.7. The minimum Gasteiger partial charge on any atom is -0.455 e. The quantitative estimate of drug-likeness (QED) is 0.124. The van der Waals surface area contributed by atoms with Gasteiger partial charge in [-0.2, -0.15) is 0 Å². The van der Waals surface area contributed by atoms with Crippen molar-refractivity contribution in [3.05, 3.63) is 454 Å². The fourth-order valence-electron chi connectivity index (χ4n) is 20.9. The van der Waals surface area contributed by atoms with Crippen LogP contribution in [0.3, 0.4) is 0 Å². The normalized spacial score (nSPS) is 11.9. The fraction of sp³-hybridized carbons (Fsp3) is 0.0236. The zero-order valence-electron chi connectivity index (χ0n) is 75.6. The van der Waals surface area contributed by atoms with Gasteiger partial charge in [0.15, 0.2) is 5.82 Å². The van der Waals surface area contributed by atoms with Gasteiger partial charge in [-0.1, -0.05) is 341 Å². The second-order valence-electron chi connectivity index (χ2n) is 36.0. The number of hydrogen-bond acceptors (Lipinski definition) is 9. The van der Waals surface area contributed by atoms with Gasteiger partial charge in [-0.05, 0) is 177 Å². The number of aromatic nitrogens is 9. The van der Waals surface area contributed by atoms with Crippen LogP contribution in [0.25, 0.3) is 271 Å². The topological polar surface area (TPSA) is 132 Å². The minimum atomic E-state index is 0.479. The predicted octanol–water partition coefficient (Wildman–Crippen LogP) is 33.8. The Morgan fingerprint density at radius 3 is 1.04 bits per heavy atom. The van der Waals surface area contributed by atoms with Gasteiger partial charge in [0.25, 0.3) is 0 Å². The molecule has 12 nitrogen and oxygen atoms in total. The molecule has 0 amide bonds. The molecule has 0 unspecified atom stereocenters. The molecule has 29 aromatic rings. The van der Waals surface area contributed by atoms with Gasteiger partial charge in [0.05, 0.1) is 82.9 Å². The Balaban J connectivity index is 0.000000105. The molecule has 0 N–H and O–H groups in total. The van der Waals surface area contributed by atoms with E-state index >= 15 is 0 Å². The summed E-state index contributed by atoms with van der Waals surface area (Å²) in [6, 6.07) is 157. The summed E-state index contributed by atoms with van der Waals surface area (Å²) < 4.78 is 26.4. The average Bonchev–Trinajstić information content (AvgIpc) is 1.57. The maximum atomic E-state index is 6.62. The molecule has 20 aromatic carbocycles. The number of benzene rings is 20. The molecule has 0 spiro atoms. The van der Waals surface area contributed by atoms with Crippen molar-refractivity contribution in [1.82, 2.24) is 43.6 Å². The highest BCUT2D eigenvalue weighted by Crippen LogP contribution is 2.48. The Morgan fingerprint density at radius 1 is 0.201 bits per heavy atom. The van der Waals surface area contributed by atoms with Crippen LogP contribution < -0.4 is 0 Å². The number of nitrogens with zero attached hydrogens (tertiary/aromatic N) is 9. The van der Waals surface area contributed by atoms with Crippen molar-refractivity contribution in [2.45, 2.75) is 19.8 Å². The molecular formula is C127H81N9O3. The van der Waals surface area contributed by atoms with Gasteiger partial charge in [0.2, 0.25) is 11.9 Å². The van der Waals surface area contributed by atoms with Crippen LogP contribution in [0.15, 0.2) is 462 Å². The summed E-state index contributed by atoms with van der Waals surface area (Å²) in [6.07, 6.45) is 0. The summed E-state index contributed by atoms with van der Waals surface area (Å²) >= 11 is 0. The van der Waals surface area contributed by atoms with Gasteiger partial charge in [-0.25, -0.2) is 29.9 Å². The van der Waals surface area contributed by atoms with E-state index in [1.165, 1.54) is 38.4 Å². The van der Waals surface area contributed by atoms with E-state index in [-0.39, 0.29) is 0 Å². The lowest BCUT2D eigenvalue weighted by molar-refractivity contribution is 0.672. The van der Waals surface area contributed by atoms with Crippen molar-refractivity contribution < 1.29 is 13.3 Å². The van der Waals surface area contributed by atoms with E-state index in [1.807, 2.05) is 91.0 Å². The van der Waals surface area contributed by atoms with Crippen molar-refractivity contribution in [3.8, 4) is 96.1 Å². The molecule has 0 aliphatic carbocycles. The lowest BCUT2D eigenvalue weighted by Gasteiger charge is -2.13. The number of fused-ring (bicyclic) bond motifs is 25. The van der Waals surface area contributed by atoms with Crippen LogP contribution in [0.4, 0.5) is 0 Å². The lowest BCUT2D eigenvalue weighted by atomic mass is 9.98. The van der Waals surface area contributed by atoms with Crippen LogP contribution in [0.5, 0.6) is 0 Å². The maximum Gasteiger partial charge on any atom is 0.235 e. The standard InChI is InChI=1S/C45H31N3O.C44H27N3O.C38H23N3O/c1-27(2)28-15-17-30(18-16-28)32-21-22-37-40(26-32)48(39-24-23-35-34-11-6-8-14-41(34)49-44(35)42(37)39)45-46-38-13-7-5-12-36(38)43(47-45)33-20-19-29-9-3-4-10-31(29)25-33;1-3-11-28(12-4-1)30-19-21-31(22-20-30)42-35-16-7-9-17-37(35)45-44(46-42)47-38-26-25-34-33-15-8-10-18-40(33)48-43(34)41(38)36-24-23-32(27-39(36)47)29-13-5-2-6-14-29;1-2-10-24(11-3-1)36-29-13-4-7-15-31(29)39-38(40-36)25-18-20-26(21-19-25)41-32-16-8-5-14-30(32)35-33(41)23-22-28-27-12-6-9-17-34(27)42-37(28)35/h3-27H,1-2H3;1-27H;1-23H. The highest BCUT2D eigenvalue weighted by atomic mass is 16.3. The van der Waals surface area contributed by atoms with E-state index in [0.717, 1.165) is 220 Å². The molecular weight excluding hydrogens is 1700 g/mol. The zero-order chi connectivity index (χ0) is 91.9. The molecule has 12 heteroatoms. The number of para-hydroxylation sites is 7. The highest BCUT2D eigenvalue weighted by Gasteiger charge is 2.27. The minimum absolute atomic E-state index is 0.479. The molecule has 0 radical (unpaired) electrons. The molecule has 0 bridgehead atoms. The summed E-state index contributed by atoms with van der Waals surface area (Å²) in [6.45, 7) is 4.46. The average molecular weight is 1780 g/mol. The van der Waals surface area contributed by atoms with Crippen molar-refractivity contribution in [1.29, 1.82) is 0 Å². The first-order chi connectivity index (χ1) is 68.7. The molecule has 0 saturated carbocycles. The second-order valence-corrected chi connectivity index (χ2v) is 36.0. The zero-order valence-corrected chi connectivity index (χ0v) is 75.6. The first kappa shape index (κ1) is 80.2. The second kappa shape index (κ2) is 32.7. The lowest BCUT2D eigenvalue weighted by Crippen LogP contribution is -2.03. The number of rotatable bonds is 11. The first-order valence-corrected chi connectivity index (χ1v) is 47.1. The number of hydrogen-bond donors (Lipinski definition) is 0. The van der Waals surface area contributed by atoms with Gasteiger partial charge in [0.1, 0.15) is 33.5 Å². The summed E-state index contributed by atoms with van der Waals surface area (Å²) in [5, 5.41) is 18.8. The van der Waals surface area contributed by atoms with Gasteiger partial charge in [-0.15, -0.1) is 0 Å². The Morgan fingerprint density at radius 2 is 0.540 bits per heavy atom. The van der Waals surface area contributed by atoms with Crippen molar-refractivity contribution in [2.75, 3.05) is 0 Å². The molecule has 0 aliphatic heterocycles. The number of furan rings is 3. The summed E-state index contributed by atoms with van der Waals surface area (Å²) in [7, 11) is 0. The van der Waals surface area contributed by atoms with E-state index in [9.17, 15) is 0 Å². The highest BCUT2D eigenvalue weighted by molar-refractivity contribution is 6.27. The van der Waals surface area contributed by atoms with Crippen LogP contribution in [0.1, 0.15) is 25.3 Å². The van der Waals surface area contributed by atoms with E-state index in [1.54, 1.807) is 0 Å². The van der Waals surface area contributed by atoms with Gasteiger partial charge < -0.3 is 17.8 Å². The third-order valence-corrected chi connectivity index (χ3v) is 27.7. The SMILES string of the molecule is CC(C)c1ccc(-c2ccc3c4c5oc6ccccc6c5ccc4n(-c4nc(-c5ccc6ccccc6c5)c5ccccc5n4)c3c2)cc1.c1ccc(-c2ccc(-c3nc(-n4c5cc(-c6ccccc6)ccc5c5c6oc7ccccc7c6ccc54)nc4ccccc34)cc2)cc1.c1ccc(-c2nc(-c3ccc(-n4c5ccccc5c5c6oc7ccccc7c6ccc54)cc3)nc3ccccc23)cc1. The molecule has 0 atom stereocenters. The van der Waals surface area contributed by atoms with E-state index in [0.29, 0.717) is 23.6 Å². The molecule has 9 heterocycles. The molecule has 652 valence electrons. The molecule has 9 aromatic heterocycles. The van der Waals surface area contributed by atoms with Crippen LogP contribution in [-0.4, -0.2) is 43.6 Å². The van der Waals surface area contributed by atoms with E-state index < -0.39 is 0 Å². The molecule has 0 fully saturated rings. The summed E-state index contributed by atoms with van der Waals surface area (Å²) in [5.74, 6) is 2.44. The third kappa shape index (κ3) is 13.5. The molecule has 0 saturated heterocycles. The van der Waals surface area contributed by atoms with Crippen molar-refractivity contribution in [3.63, 3.8) is 0 Å². The van der Waals surface area contributed by atoms with E-state index in [2.05, 4.69) is 385 Å². The fourth-order valence-corrected chi connectivity index (χ4v) is 20.9. The largest absolute Gasteiger partial charge is 0.455 e. The van der Waals surface area contributed by atoms with Gasteiger partial charge in [-0.3, -0.25) is 9.13 Å². The van der Waals surface area contributed by atoms with Crippen LogP contribution >= 0.6 is 0 Å². The van der Waals surface area contributed by atoms with Crippen LogP contribution in [0, 0.1) is 0 Å². The molecule has 0 aliphatic rings. The smallest absolute Gasteiger partial charge is 0.235 e.